The fraction of sp³-hybridized carbons (Fsp3) is 0.882. The van der Waals surface area contributed by atoms with Crippen molar-refractivity contribution in [3.8, 4) is 11.8 Å². The zero-order valence-electron chi connectivity index (χ0n) is 12.7. The molecule has 0 amide bonds. The normalized spacial score (nSPS) is 22.5. The third-order valence-corrected chi connectivity index (χ3v) is 3.78. The Balaban J connectivity index is 2.60. The van der Waals surface area contributed by atoms with Crippen LogP contribution in [0.25, 0.3) is 0 Å². The molecule has 1 aliphatic rings. The first-order valence-electron chi connectivity index (χ1n) is 7.90. The van der Waals surface area contributed by atoms with Crippen LogP contribution in [0.5, 0.6) is 0 Å². The van der Waals surface area contributed by atoms with Gasteiger partial charge in [0, 0.05) is 0 Å². The molecule has 0 unspecified atom stereocenters. The summed E-state index contributed by atoms with van der Waals surface area (Å²) in [5, 5.41) is 20.3. The van der Waals surface area contributed by atoms with Crippen molar-refractivity contribution >= 4 is 0 Å². The molecule has 2 nitrogen and oxygen atoms in total. The molecule has 0 radical (unpaired) electrons. The van der Waals surface area contributed by atoms with Crippen molar-refractivity contribution in [3.63, 3.8) is 0 Å². The molecule has 0 atom stereocenters. The van der Waals surface area contributed by atoms with Gasteiger partial charge in [-0.15, -0.1) is 0 Å². The Bertz CT molecular complexity index is 291. The maximum atomic E-state index is 10.6. The van der Waals surface area contributed by atoms with Gasteiger partial charge in [-0.3, -0.25) is 0 Å². The van der Waals surface area contributed by atoms with Gasteiger partial charge in [0.05, 0.1) is 0 Å². The molecule has 110 valence electrons. The predicted octanol–water partition coefficient (Wildman–Crippen LogP) is 3.80. The summed E-state index contributed by atoms with van der Waals surface area (Å²) in [6.45, 7) is 3.33. The number of aliphatic hydroxyl groups is 2. The molecule has 0 aromatic rings. The maximum Gasteiger partial charge on any atom is 0.125 e. The van der Waals surface area contributed by atoms with Crippen molar-refractivity contribution in [1.29, 1.82) is 0 Å². The van der Waals surface area contributed by atoms with Crippen molar-refractivity contribution < 1.29 is 10.2 Å². The molecule has 0 heterocycles. The van der Waals surface area contributed by atoms with Gasteiger partial charge in [-0.25, -0.2) is 0 Å². The van der Waals surface area contributed by atoms with Gasteiger partial charge in [-0.05, 0) is 39.5 Å². The first-order chi connectivity index (χ1) is 8.91. The first kappa shape index (κ1) is 16.5. The largest absolute Gasteiger partial charge is 0.378 e. The van der Waals surface area contributed by atoms with Gasteiger partial charge >= 0.3 is 0 Å². The highest BCUT2D eigenvalue weighted by Crippen LogP contribution is 2.24. The number of rotatable bonds is 0. The van der Waals surface area contributed by atoms with Crippen LogP contribution in [0.15, 0.2) is 0 Å². The Kier molecular flexibility index (Phi) is 6.89. The van der Waals surface area contributed by atoms with Crippen LogP contribution in [0.3, 0.4) is 0 Å². The van der Waals surface area contributed by atoms with Gasteiger partial charge in [0.2, 0.25) is 0 Å². The van der Waals surface area contributed by atoms with E-state index in [1.54, 1.807) is 13.8 Å². The summed E-state index contributed by atoms with van der Waals surface area (Å²) >= 11 is 0. The van der Waals surface area contributed by atoms with Crippen LogP contribution >= 0.6 is 0 Å². The number of hydrogen-bond acceptors (Lipinski definition) is 2. The quantitative estimate of drug-likeness (QED) is 0.655. The third kappa shape index (κ3) is 8.29. The van der Waals surface area contributed by atoms with E-state index in [0.29, 0.717) is 0 Å². The monoisotopic (exact) mass is 266 g/mol. The van der Waals surface area contributed by atoms with Crippen molar-refractivity contribution in [2.45, 2.75) is 95.7 Å². The Labute approximate surface area is 118 Å². The topological polar surface area (TPSA) is 40.5 Å². The van der Waals surface area contributed by atoms with Crippen molar-refractivity contribution in [3.05, 3.63) is 0 Å². The molecule has 1 aliphatic carbocycles. The fourth-order valence-corrected chi connectivity index (χ4v) is 2.59. The zero-order chi connectivity index (χ0) is 14.2. The second-order valence-corrected chi connectivity index (χ2v) is 6.52. The minimum atomic E-state index is -1.01. The lowest BCUT2D eigenvalue weighted by Crippen LogP contribution is -2.28. The van der Waals surface area contributed by atoms with E-state index in [4.69, 9.17) is 0 Å². The lowest BCUT2D eigenvalue weighted by Gasteiger charge is -2.23. The average molecular weight is 266 g/mol. The Morgan fingerprint density at radius 1 is 0.789 bits per heavy atom. The Hall–Kier alpha value is -0.520. The SMILES string of the molecule is CC(C)(O)C#CC1(O)CCCCCCCCCCC1. The van der Waals surface area contributed by atoms with Crippen molar-refractivity contribution in [1.82, 2.24) is 0 Å². The molecule has 19 heavy (non-hydrogen) atoms. The molecule has 1 fully saturated rings. The highest BCUT2D eigenvalue weighted by molar-refractivity contribution is 5.19. The molecular formula is C17H30O2. The van der Waals surface area contributed by atoms with E-state index in [1.165, 1.54) is 44.9 Å². The lowest BCUT2D eigenvalue weighted by molar-refractivity contribution is 0.0739. The van der Waals surface area contributed by atoms with E-state index >= 15 is 0 Å². The summed E-state index contributed by atoms with van der Waals surface area (Å²) in [6, 6.07) is 0. The van der Waals surface area contributed by atoms with Gasteiger partial charge in [0.25, 0.3) is 0 Å². The minimum absolute atomic E-state index is 0.746. The smallest absolute Gasteiger partial charge is 0.125 e. The maximum absolute atomic E-state index is 10.6. The van der Waals surface area contributed by atoms with Gasteiger partial charge in [-0.2, -0.15) is 0 Å². The number of hydrogen-bond donors (Lipinski definition) is 2. The van der Waals surface area contributed by atoms with Crippen LogP contribution in [-0.2, 0) is 0 Å². The Morgan fingerprint density at radius 3 is 1.53 bits per heavy atom. The van der Waals surface area contributed by atoms with E-state index in [0.717, 1.165) is 25.7 Å². The predicted molar refractivity (Wildman–Crippen MR) is 79.8 cm³/mol. The van der Waals surface area contributed by atoms with Gasteiger partial charge in [0.1, 0.15) is 11.2 Å². The summed E-state index contributed by atoms with van der Waals surface area (Å²) in [5.74, 6) is 5.75. The minimum Gasteiger partial charge on any atom is -0.378 e. The molecule has 0 aromatic carbocycles. The van der Waals surface area contributed by atoms with E-state index < -0.39 is 11.2 Å². The van der Waals surface area contributed by atoms with Crippen molar-refractivity contribution in [2.75, 3.05) is 0 Å². The van der Waals surface area contributed by atoms with Gasteiger partial charge in [-0.1, -0.05) is 56.8 Å². The first-order valence-corrected chi connectivity index (χ1v) is 7.90. The fourth-order valence-electron chi connectivity index (χ4n) is 2.59. The van der Waals surface area contributed by atoms with E-state index in [1.807, 2.05) is 0 Å². The third-order valence-electron chi connectivity index (χ3n) is 3.78. The molecule has 0 aromatic heterocycles. The zero-order valence-corrected chi connectivity index (χ0v) is 12.7. The van der Waals surface area contributed by atoms with Crippen LogP contribution in [-0.4, -0.2) is 21.4 Å². The summed E-state index contributed by atoms with van der Waals surface area (Å²) < 4.78 is 0. The molecule has 0 bridgehead atoms. The molecule has 2 heteroatoms. The molecule has 0 spiro atoms. The van der Waals surface area contributed by atoms with Gasteiger partial charge in [0.15, 0.2) is 0 Å². The molecule has 0 aliphatic heterocycles. The second-order valence-electron chi connectivity index (χ2n) is 6.52. The average Bonchev–Trinajstić information content (AvgIpc) is 2.31. The van der Waals surface area contributed by atoms with Crippen LogP contribution in [0.2, 0.25) is 0 Å². The molecule has 2 N–H and O–H groups in total. The highest BCUT2D eigenvalue weighted by Gasteiger charge is 2.24. The highest BCUT2D eigenvalue weighted by atomic mass is 16.3. The van der Waals surface area contributed by atoms with E-state index in [2.05, 4.69) is 11.8 Å². The summed E-state index contributed by atoms with van der Waals surface area (Å²) in [4.78, 5) is 0. The summed E-state index contributed by atoms with van der Waals surface area (Å²) in [7, 11) is 0. The van der Waals surface area contributed by atoms with E-state index in [-0.39, 0.29) is 0 Å². The standard InChI is InChI=1S/C17H30O2/c1-16(2,18)14-15-17(19)12-10-8-6-4-3-5-7-9-11-13-17/h18-19H,3-13H2,1-2H3. The van der Waals surface area contributed by atoms with Gasteiger partial charge < -0.3 is 10.2 Å². The molecule has 1 rings (SSSR count). The summed E-state index contributed by atoms with van der Waals surface area (Å²) in [5.41, 5.74) is -1.90. The van der Waals surface area contributed by atoms with Crippen molar-refractivity contribution in [2.24, 2.45) is 0 Å². The van der Waals surface area contributed by atoms with E-state index in [9.17, 15) is 10.2 Å². The molecule has 0 saturated heterocycles. The van der Waals surface area contributed by atoms with Crippen LogP contribution in [0, 0.1) is 11.8 Å². The summed E-state index contributed by atoms with van der Waals surface area (Å²) in [6.07, 6.45) is 12.5. The lowest BCUT2D eigenvalue weighted by atomic mass is 9.88. The van der Waals surface area contributed by atoms with Crippen LogP contribution in [0.4, 0.5) is 0 Å². The molecular weight excluding hydrogens is 236 g/mol. The van der Waals surface area contributed by atoms with Crippen LogP contribution < -0.4 is 0 Å². The second kappa shape index (κ2) is 7.92. The Morgan fingerprint density at radius 2 is 1.16 bits per heavy atom. The van der Waals surface area contributed by atoms with Crippen LogP contribution in [0.1, 0.15) is 84.5 Å². The molecule has 1 saturated carbocycles.